The van der Waals surface area contributed by atoms with Crippen LogP contribution in [0.2, 0.25) is 0 Å². The molecule has 1 fully saturated rings. The Labute approximate surface area is 119 Å². The quantitative estimate of drug-likeness (QED) is 0.859. The highest BCUT2D eigenvalue weighted by molar-refractivity contribution is 5.08. The smallest absolute Gasteiger partial charge is 0.110 e. The predicted octanol–water partition coefficient (Wildman–Crippen LogP) is 1.18. The molecule has 2 aromatic heterocycles. The Balaban J connectivity index is 1.58. The lowest BCUT2D eigenvalue weighted by molar-refractivity contribution is 0.321. The van der Waals surface area contributed by atoms with Crippen molar-refractivity contribution >= 4 is 0 Å². The molecule has 0 aliphatic carbocycles. The first-order chi connectivity index (χ1) is 9.70. The Kier molecular flexibility index (Phi) is 3.84. The summed E-state index contributed by atoms with van der Waals surface area (Å²) in [6, 6.07) is 2.04. The van der Waals surface area contributed by atoms with E-state index in [1.807, 2.05) is 18.5 Å². The molecule has 1 aliphatic heterocycles. The number of nitrogens with zero attached hydrogens (tertiary/aromatic N) is 4. The van der Waals surface area contributed by atoms with Crippen molar-refractivity contribution in [1.29, 1.82) is 0 Å². The van der Waals surface area contributed by atoms with Gasteiger partial charge in [0.15, 0.2) is 0 Å². The molecule has 2 N–H and O–H groups in total. The number of aromatic nitrogens is 4. The van der Waals surface area contributed by atoms with E-state index in [0.29, 0.717) is 5.92 Å². The number of nitrogens with one attached hydrogen (secondary N) is 2. The summed E-state index contributed by atoms with van der Waals surface area (Å²) in [6.07, 6.45) is 4.94. The average molecular weight is 274 g/mol. The summed E-state index contributed by atoms with van der Waals surface area (Å²) in [5, 5.41) is 7.02. The second-order valence-corrected chi connectivity index (χ2v) is 5.83. The van der Waals surface area contributed by atoms with Crippen molar-refractivity contribution < 1.29 is 0 Å². The number of rotatable bonds is 5. The molecule has 108 valence electrons. The van der Waals surface area contributed by atoms with E-state index in [1.54, 1.807) is 0 Å². The fourth-order valence-corrected chi connectivity index (χ4v) is 2.82. The van der Waals surface area contributed by atoms with Crippen molar-refractivity contribution in [1.82, 2.24) is 30.0 Å². The van der Waals surface area contributed by atoms with Gasteiger partial charge in [0.2, 0.25) is 0 Å². The molecule has 1 aliphatic rings. The van der Waals surface area contributed by atoms with E-state index in [0.717, 1.165) is 32.0 Å². The third kappa shape index (κ3) is 3.08. The van der Waals surface area contributed by atoms with Gasteiger partial charge in [0.1, 0.15) is 5.82 Å². The maximum atomic E-state index is 4.55. The summed E-state index contributed by atoms with van der Waals surface area (Å²) in [5.74, 6) is 1.66. The van der Waals surface area contributed by atoms with Crippen molar-refractivity contribution in [2.75, 3.05) is 27.2 Å². The fourth-order valence-electron chi connectivity index (χ4n) is 2.82. The number of H-pyrrole nitrogens is 2. The highest BCUT2D eigenvalue weighted by Crippen LogP contribution is 2.26. The molecular weight excluding hydrogens is 252 g/mol. The zero-order chi connectivity index (χ0) is 13.9. The third-order valence-corrected chi connectivity index (χ3v) is 3.75. The predicted molar refractivity (Wildman–Crippen MR) is 77.2 cm³/mol. The second-order valence-electron chi connectivity index (χ2n) is 5.83. The van der Waals surface area contributed by atoms with Gasteiger partial charge in [-0.05, 0) is 33.1 Å². The summed E-state index contributed by atoms with van der Waals surface area (Å²) in [6.45, 7) is 4.04. The van der Waals surface area contributed by atoms with Gasteiger partial charge in [-0.3, -0.25) is 10.00 Å². The molecule has 6 nitrogen and oxygen atoms in total. The molecule has 0 amide bonds. The van der Waals surface area contributed by atoms with Gasteiger partial charge < -0.3 is 9.88 Å². The Morgan fingerprint density at radius 2 is 2.30 bits per heavy atom. The van der Waals surface area contributed by atoms with Crippen molar-refractivity contribution in [2.24, 2.45) is 0 Å². The van der Waals surface area contributed by atoms with Crippen LogP contribution in [0.5, 0.6) is 0 Å². The van der Waals surface area contributed by atoms with E-state index >= 15 is 0 Å². The highest BCUT2D eigenvalue weighted by Gasteiger charge is 2.26. The molecule has 6 heteroatoms. The SMILES string of the molecule is CN(C)Cc1cnc([C@H]2CCN(Cc3ccn[nH]3)C2)[nH]1. The summed E-state index contributed by atoms with van der Waals surface area (Å²) in [7, 11) is 4.14. The van der Waals surface area contributed by atoms with Crippen LogP contribution < -0.4 is 0 Å². The van der Waals surface area contributed by atoms with E-state index < -0.39 is 0 Å². The van der Waals surface area contributed by atoms with Gasteiger partial charge in [-0.1, -0.05) is 0 Å². The minimum absolute atomic E-state index is 0.522. The van der Waals surface area contributed by atoms with Gasteiger partial charge in [0, 0.05) is 49.3 Å². The summed E-state index contributed by atoms with van der Waals surface area (Å²) < 4.78 is 0. The van der Waals surface area contributed by atoms with E-state index in [9.17, 15) is 0 Å². The number of aromatic amines is 2. The van der Waals surface area contributed by atoms with Crippen LogP contribution in [-0.2, 0) is 13.1 Å². The van der Waals surface area contributed by atoms with E-state index in [2.05, 4.69) is 44.1 Å². The minimum atomic E-state index is 0.522. The lowest BCUT2D eigenvalue weighted by atomic mass is 10.1. The largest absolute Gasteiger partial charge is 0.345 e. The molecule has 1 saturated heterocycles. The van der Waals surface area contributed by atoms with Crippen molar-refractivity contribution in [3.8, 4) is 0 Å². The van der Waals surface area contributed by atoms with Crippen molar-refractivity contribution in [3.05, 3.63) is 35.7 Å². The van der Waals surface area contributed by atoms with E-state index in [-0.39, 0.29) is 0 Å². The molecule has 0 spiro atoms. The Morgan fingerprint density at radius 1 is 1.40 bits per heavy atom. The maximum Gasteiger partial charge on any atom is 0.110 e. The first-order valence-corrected chi connectivity index (χ1v) is 7.10. The van der Waals surface area contributed by atoms with Gasteiger partial charge in [0.05, 0.1) is 0 Å². The normalized spacial score (nSPS) is 20.1. The first-order valence-electron chi connectivity index (χ1n) is 7.10. The minimum Gasteiger partial charge on any atom is -0.345 e. The van der Waals surface area contributed by atoms with Crippen LogP contribution in [0.4, 0.5) is 0 Å². The maximum absolute atomic E-state index is 4.55. The molecule has 0 unspecified atom stereocenters. The first kappa shape index (κ1) is 13.3. The molecule has 0 aromatic carbocycles. The van der Waals surface area contributed by atoms with Crippen molar-refractivity contribution in [2.45, 2.75) is 25.4 Å². The van der Waals surface area contributed by atoms with Crippen LogP contribution in [0.15, 0.2) is 18.5 Å². The molecule has 20 heavy (non-hydrogen) atoms. The number of likely N-dealkylation sites (tertiary alicyclic amines) is 1. The molecule has 0 saturated carbocycles. The molecule has 3 rings (SSSR count). The van der Waals surface area contributed by atoms with Crippen LogP contribution in [0.3, 0.4) is 0 Å². The standard InChI is InChI=1S/C14H22N6/c1-19(2)9-13-7-15-14(17-13)11-4-6-20(8-11)10-12-3-5-16-18-12/h3,5,7,11H,4,6,8-10H2,1-2H3,(H,15,17)(H,16,18)/t11-/m0/s1. The molecule has 0 bridgehead atoms. The molecule has 3 heterocycles. The molecular formula is C14H22N6. The molecule has 1 atom stereocenters. The second kappa shape index (κ2) is 5.76. The van der Waals surface area contributed by atoms with E-state index in [1.165, 1.54) is 17.8 Å². The zero-order valence-corrected chi connectivity index (χ0v) is 12.1. The Morgan fingerprint density at radius 3 is 3.05 bits per heavy atom. The van der Waals surface area contributed by atoms with Crippen LogP contribution >= 0.6 is 0 Å². The van der Waals surface area contributed by atoms with E-state index in [4.69, 9.17) is 0 Å². The van der Waals surface area contributed by atoms with Gasteiger partial charge >= 0.3 is 0 Å². The third-order valence-electron chi connectivity index (χ3n) is 3.75. The number of hydrogen-bond acceptors (Lipinski definition) is 4. The monoisotopic (exact) mass is 274 g/mol. The average Bonchev–Trinajstić information content (AvgIpc) is 3.09. The zero-order valence-electron chi connectivity index (χ0n) is 12.1. The van der Waals surface area contributed by atoms with Crippen LogP contribution in [0.1, 0.15) is 29.6 Å². The molecule has 2 aromatic rings. The summed E-state index contributed by atoms with van der Waals surface area (Å²) >= 11 is 0. The van der Waals surface area contributed by atoms with Gasteiger partial charge in [-0.25, -0.2) is 4.98 Å². The van der Waals surface area contributed by atoms with Gasteiger partial charge in [0.25, 0.3) is 0 Å². The van der Waals surface area contributed by atoms with Gasteiger partial charge in [-0.15, -0.1) is 0 Å². The van der Waals surface area contributed by atoms with Crippen LogP contribution in [0, 0.1) is 0 Å². The summed E-state index contributed by atoms with van der Waals surface area (Å²) in [5.41, 5.74) is 2.37. The number of hydrogen-bond donors (Lipinski definition) is 2. The number of imidazole rings is 1. The topological polar surface area (TPSA) is 63.8 Å². The van der Waals surface area contributed by atoms with Crippen LogP contribution in [-0.4, -0.2) is 57.1 Å². The Bertz CT molecular complexity index is 530. The van der Waals surface area contributed by atoms with Gasteiger partial charge in [-0.2, -0.15) is 5.10 Å². The fraction of sp³-hybridized carbons (Fsp3) is 0.571. The highest BCUT2D eigenvalue weighted by atomic mass is 15.2. The van der Waals surface area contributed by atoms with Crippen molar-refractivity contribution in [3.63, 3.8) is 0 Å². The Hall–Kier alpha value is -1.66. The lowest BCUT2D eigenvalue weighted by Gasteiger charge is -2.14. The molecule has 0 radical (unpaired) electrons. The summed E-state index contributed by atoms with van der Waals surface area (Å²) in [4.78, 5) is 12.6. The van der Waals surface area contributed by atoms with Crippen LogP contribution in [0.25, 0.3) is 0 Å². The lowest BCUT2D eigenvalue weighted by Crippen LogP contribution is -2.20.